The van der Waals surface area contributed by atoms with Gasteiger partial charge >= 0.3 is 33.6 Å². The summed E-state index contributed by atoms with van der Waals surface area (Å²) in [7, 11) is -9.79. The summed E-state index contributed by atoms with van der Waals surface area (Å²) in [5.74, 6) is -1.60. The van der Waals surface area contributed by atoms with Crippen LogP contribution in [0.25, 0.3) is 0 Å². The van der Waals surface area contributed by atoms with E-state index in [2.05, 4.69) is 130 Å². The first kappa shape index (κ1) is 95.2. The van der Waals surface area contributed by atoms with Gasteiger partial charge in [-0.15, -0.1) is 0 Å². The maximum atomic E-state index is 13.0. The number of carbonyl (C=O) groups is 3. The van der Waals surface area contributed by atoms with Crippen molar-refractivity contribution in [1.29, 1.82) is 0 Å². The maximum absolute atomic E-state index is 13.0. The Morgan fingerprint density at radius 2 is 0.535 bits per heavy atom. The molecule has 0 aliphatic carbocycles. The molecular weight excluding hydrogens is 1290 g/mol. The zero-order valence-corrected chi connectivity index (χ0v) is 64.2. The van der Waals surface area contributed by atoms with Crippen LogP contribution in [0, 0.1) is 0 Å². The standard InChI is InChI=1S/C81H142O16P2/c1-4-7-10-13-16-19-22-25-28-30-32-33-34-35-36-37-38-39-40-41-43-45-47-49-52-55-58-61-64-67-79(84)91-70-76(82)71-93-98(87,88)94-72-77(83)73-95-99(89,90)96-75-78(97-81(86)69-66-63-60-57-54-51-46-27-24-21-18-15-12-9-6-3)74-92-80(85)68-65-62-59-56-53-50-48-44-42-31-29-26-23-20-17-14-11-8-5-2/h8,11,16-17,19-20,25-26,28-29,32-33,35-36,42,44,50,53,76-78,82-83H,4-7,9-10,12-15,18,21-24,27,30-31,34,37-41,43,45-49,51-52,54-75H2,1-3H3,(H,87,88)(H,89,90)/b11-8-,19-16-,20-17-,28-25-,29-26-,33-32-,36-35-,44-42-,53-50-. The highest BCUT2D eigenvalue weighted by atomic mass is 31.2. The van der Waals surface area contributed by atoms with Gasteiger partial charge in [-0.2, -0.15) is 0 Å². The number of carbonyl (C=O) groups excluding carboxylic acids is 3. The molecule has 572 valence electrons. The lowest BCUT2D eigenvalue weighted by molar-refractivity contribution is -0.161. The Bertz CT molecular complexity index is 2240. The van der Waals surface area contributed by atoms with E-state index in [-0.39, 0.29) is 19.3 Å². The van der Waals surface area contributed by atoms with Gasteiger partial charge in [0.05, 0.1) is 26.4 Å². The fourth-order valence-corrected chi connectivity index (χ4v) is 12.1. The van der Waals surface area contributed by atoms with Gasteiger partial charge in [0.15, 0.2) is 6.10 Å². The Hall–Kier alpha value is -3.79. The molecule has 0 spiro atoms. The molecule has 0 amide bonds. The average Bonchev–Trinajstić information content (AvgIpc) is 1.92. The van der Waals surface area contributed by atoms with Gasteiger partial charge in [-0.05, 0) is 109 Å². The van der Waals surface area contributed by atoms with Crippen molar-refractivity contribution in [3.8, 4) is 0 Å². The second kappa shape index (κ2) is 73.9. The van der Waals surface area contributed by atoms with Crippen LogP contribution in [0.15, 0.2) is 109 Å². The molecule has 0 radical (unpaired) electrons. The van der Waals surface area contributed by atoms with Gasteiger partial charge in [-0.1, -0.05) is 310 Å². The fraction of sp³-hybridized carbons (Fsp3) is 0.741. The second-order valence-electron chi connectivity index (χ2n) is 26.1. The molecule has 0 rings (SSSR count). The number of aliphatic hydroxyl groups is 2. The number of rotatable bonds is 74. The van der Waals surface area contributed by atoms with Crippen LogP contribution in [0.5, 0.6) is 0 Å². The quantitative estimate of drug-likeness (QED) is 0.0146. The first-order valence-corrected chi connectivity index (χ1v) is 42.2. The van der Waals surface area contributed by atoms with Crippen LogP contribution in [-0.4, -0.2) is 95.9 Å². The second-order valence-corrected chi connectivity index (χ2v) is 29.0. The van der Waals surface area contributed by atoms with E-state index in [1.165, 1.54) is 148 Å². The Morgan fingerprint density at radius 1 is 0.293 bits per heavy atom. The monoisotopic (exact) mass is 1430 g/mol. The number of hydrogen-bond donors (Lipinski definition) is 4. The van der Waals surface area contributed by atoms with Crippen LogP contribution >= 0.6 is 15.6 Å². The zero-order chi connectivity index (χ0) is 72.3. The summed E-state index contributed by atoms with van der Waals surface area (Å²) in [6, 6.07) is 0. The largest absolute Gasteiger partial charge is 0.472 e. The van der Waals surface area contributed by atoms with Crippen molar-refractivity contribution in [2.24, 2.45) is 0 Å². The van der Waals surface area contributed by atoms with E-state index in [9.17, 15) is 43.5 Å². The number of aliphatic hydroxyl groups excluding tert-OH is 2. The van der Waals surface area contributed by atoms with Crippen molar-refractivity contribution in [1.82, 2.24) is 0 Å². The van der Waals surface area contributed by atoms with E-state index in [1.807, 2.05) is 0 Å². The van der Waals surface area contributed by atoms with Gasteiger partial charge in [-0.3, -0.25) is 32.5 Å². The molecule has 0 saturated heterocycles. The van der Waals surface area contributed by atoms with E-state index in [4.69, 9.17) is 32.3 Å². The molecule has 0 aliphatic rings. The molecule has 0 aromatic heterocycles. The molecule has 0 aromatic carbocycles. The SMILES string of the molecule is CC/C=C\C/C=C\C/C=C\C/C=C\C/C=C\CCCCCC(=O)OCC(COP(=O)(O)OCC(O)COP(=O)(O)OCC(O)COC(=O)CCCCCCCCCCCCCCC/C=C\C/C=C\C/C=C\C/C=C\CCCCC)OC(=O)CCCCCCCCCCCCCCCCC. The highest BCUT2D eigenvalue weighted by molar-refractivity contribution is 7.47. The molecule has 5 unspecified atom stereocenters. The molecule has 0 fully saturated rings. The lowest BCUT2D eigenvalue weighted by Crippen LogP contribution is -2.30. The summed E-state index contributed by atoms with van der Waals surface area (Å²) in [5.41, 5.74) is 0. The maximum Gasteiger partial charge on any atom is 0.472 e. The fourth-order valence-electron chi connectivity index (χ4n) is 10.5. The van der Waals surface area contributed by atoms with Crippen molar-refractivity contribution in [2.45, 2.75) is 347 Å². The van der Waals surface area contributed by atoms with E-state index in [0.29, 0.717) is 19.3 Å². The predicted octanol–water partition coefficient (Wildman–Crippen LogP) is 22.8. The van der Waals surface area contributed by atoms with Crippen molar-refractivity contribution < 1.29 is 75.8 Å². The molecule has 99 heavy (non-hydrogen) atoms. The van der Waals surface area contributed by atoms with Crippen LogP contribution in [-0.2, 0) is 55.8 Å². The molecule has 4 N–H and O–H groups in total. The third-order valence-electron chi connectivity index (χ3n) is 16.5. The molecule has 0 aliphatic heterocycles. The first-order chi connectivity index (χ1) is 48.2. The van der Waals surface area contributed by atoms with Crippen LogP contribution in [0.3, 0.4) is 0 Å². The van der Waals surface area contributed by atoms with E-state index in [1.54, 1.807) is 0 Å². The third kappa shape index (κ3) is 75.2. The van der Waals surface area contributed by atoms with Crippen molar-refractivity contribution >= 4 is 33.6 Å². The van der Waals surface area contributed by atoms with Gasteiger partial charge in [0.25, 0.3) is 0 Å². The summed E-state index contributed by atoms with van der Waals surface area (Å²) < 4.78 is 61.1. The molecule has 0 heterocycles. The number of esters is 3. The van der Waals surface area contributed by atoms with E-state index >= 15 is 0 Å². The molecule has 0 aromatic rings. The van der Waals surface area contributed by atoms with Gasteiger partial charge in [0, 0.05) is 19.3 Å². The van der Waals surface area contributed by atoms with Gasteiger partial charge < -0.3 is 34.2 Å². The number of hydrogen-bond acceptors (Lipinski definition) is 14. The summed E-state index contributed by atoms with van der Waals surface area (Å²) in [4.78, 5) is 58.6. The predicted molar refractivity (Wildman–Crippen MR) is 408 cm³/mol. The summed E-state index contributed by atoms with van der Waals surface area (Å²) in [5, 5.41) is 20.6. The normalized spacial score (nSPS) is 14.6. The molecule has 5 atom stereocenters. The lowest BCUT2D eigenvalue weighted by Gasteiger charge is -2.21. The Labute approximate surface area is 602 Å². The molecule has 0 saturated carbocycles. The number of ether oxygens (including phenoxy) is 3. The summed E-state index contributed by atoms with van der Waals surface area (Å²) in [6.07, 6.45) is 85.7. The van der Waals surface area contributed by atoms with Crippen molar-refractivity contribution in [3.63, 3.8) is 0 Å². The van der Waals surface area contributed by atoms with E-state index < -0.39 is 91.5 Å². The smallest absolute Gasteiger partial charge is 0.463 e. The van der Waals surface area contributed by atoms with E-state index in [0.717, 1.165) is 122 Å². The van der Waals surface area contributed by atoms with Crippen molar-refractivity contribution in [3.05, 3.63) is 109 Å². The van der Waals surface area contributed by atoms with Gasteiger partial charge in [-0.25, -0.2) is 9.13 Å². The highest BCUT2D eigenvalue weighted by Crippen LogP contribution is 2.45. The summed E-state index contributed by atoms with van der Waals surface area (Å²) >= 11 is 0. The minimum Gasteiger partial charge on any atom is -0.463 e. The molecular formula is C81H142O16P2. The highest BCUT2D eigenvalue weighted by Gasteiger charge is 2.29. The van der Waals surface area contributed by atoms with Crippen LogP contribution in [0.1, 0.15) is 329 Å². The number of phosphoric ester groups is 2. The van der Waals surface area contributed by atoms with Crippen LogP contribution in [0.4, 0.5) is 0 Å². The van der Waals surface area contributed by atoms with Crippen molar-refractivity contribution in [2.75, 3.05) is 39.6 Å². The number of unbranched alkanes of at least 4 members (excludes halogenated alkanes) is 33. The van der Waals surface area contributed by atoms with Gasteiger partial charge in [0.2, 0.25) is 0 Å². The zero-order valence-electron chi connectivity index (χ0n) is 62.4. The number of phosphoric acid groups is 2. The average molecular weight is 1430 g/mol. The lowest BCUT2D eigenvalue weighted by atomic mass is 10.0. The third-order valence-corrected chi connectivity index (χ3v) is 18.4. The number of allylic oxidation sites excluding steroid dienone is 18. The van der Waals surface area contributed by atoms with Crippen LogP contribution < -0.4 is 0 Å². The minimum absolute atomic E-state index is 0.0993. The molecule has 18 heteroatoms. The summed E-state index contributed by atoms with van der Waals surface area (Å²) in [6.45, 7) is 2.53. The van der Waals surface area contributed by atoms with Crippen LogP contribution in [0.2, 0.25) is 0 Å². The first-order valence-electron chi connectivity index (χ1n) is 39.2. The molecule has 16 nitrogen and oxygen atoms in total. The van der Waals surface area contributed by atoms with Gasteiger partial charge in [0.1, 0.15) is 25.4 Å². The Balaban J connectivity index is 4.53. The Kier molecular flexibility index (Phi) is 71.1. The Morgan fingerprint density at radius 3 is 0.879 bits per heavy atom. The molecule has 0 bridgehead atoms. The topological polar surface area (TPSA) is 231 Å². The minimum atomic E-state index is -4.93.